The van der Waals surface area contributed by atoms with Gasteiger partial charge in [0.05, 0.1) is 10.0 Å². The maximum Gasteiger partial charge on any atom is 0.136 e. The molecule has 0 N–H and O–H groups in total. The maximum absolute atomic E-state index is 5.95. The number of nitrogens with zero attached hydrogens (tertiary/aromatic N) is 2. The summed E-state index contributed by atoms with van der Waals surface area (Å²) in [7, 11) is 0. The molecule has 2 aromatic rings. The fourth-order valence-corrected chi connectivity index (χ4v) is 2.61. The predicted molar refractivity (Wildman–Crippen MR) is 72.4 cm³/mol. The Hall–Kier alpha value is -0.480. The molecule has 2 rings (SSSR count). The monoisotopic (exact) mass is 304 g/mol. The van der Waals surface area contributed by atoms with Crippen LogP contribution in [0.15, 0.2) is 34.4 Å². The van der Waals surface area contributed by atoms with Crippen molar-refractivity contribution in [2.45, 2.75) is 16.8 Å². The van der Waals surface area contributed by atoms with Crippen molar-refractivity contribution in [3.8, 4) is 0 Å². The molecular formula is C11H7Cl3N2S. The summed E-state index contributed by atoms with van der Waals surface area (Å²) < 4.78 is 0. The molecule has 0 saturated carbocycles. The van der Waals surface area contributed by atoms with Gasteiger partial charge < -0.3 is 0 Å². The van der Waals surface area contributed by atoms with E-state index in [2.05, 4.69) is 9.97 Å². The van der Waals surface area contributed by atoms with Crippen LogP contribution in [-0.4, -0.2) is 9.97 Å². The Bertz CT molecular complexity index is 560. The zero-order valence-corrected chi connectivity index (χ0v) is 11.8. The molecule has 0 unspecified atom stereocenters. The van der Waals surface area contributed by atoms with E-state index >= 15 is 0 Å². The number of aromatic nitrogens is 2. The summed E-state index contributed by atoms with van der Waals surface area (Å²) in [5, 5.41) is 2.33. The lowest BCUT2D eigenvalue weighted by Crippen LogP contribution is -1.89. The van der Waals surface area contributed by atoms with Crippen LogP contribution in [0.5, 0.6) is 0 Å². The minimum Gasteiger partial charge on any atom is -0.229 e. The van der Waals surface area contributed by atoms with Crippen LogP contribution in [0, 0.1) is 6.92 Å². The topological polar surface area (TPSA) is 25.8 Å². The highest BCUT2D eigenvalue weighted by molar-refractivity contribution is 7.99. The van der Waals surface area contributed by atoms with Gasteiger partial charge in [-0.2, -0.15) is 0 Å². The van der Waals surface area contributed by atoms with Crippen LogP contribution in [-0.2, 0) is 0 Å². The van der Waals surface area contributed by atoms with Crippen LogP contribution in [0.2, 0.25) is 15.2 Å². The molecule has 17 heavy (non-hydrogen) atoms. The summed E-state index contributed by atoms with van der Waals surface area (Å²) in [4.78, 5) is 9.04. The molecule has 2 nitrogen and oxygen atoms in total. The van der Waals surface area contributed by atoms with Crippen LogP contribution < -0.4 is 0 Å². The van der Waals surface area contributed by atoms with Crippen LogP contribution in [0.1, 0.15) is 5.56 Å². The maximum atomic E-state index is 5.95. The number of hydrogen-bond acceptors (Lipinski definition) is 3. The van der Waals surface area contributed by atoms with Crippen molar-refractivity contribution in [3.05, 3.63) is 45.3 Å². The molecule has 1 aromatic carbocycles. The lowest BCUT2D eigenvalue weighted by molar-refractivity contribution is 1.00. The molecule has 0 aliphatic rings. The summed E-state index contributed by atoms with van der Waals surface area (Å²) >= 11 is 19.2. The molecule has 0 atom stereocenters. The van der Waals surface area contributed by atoms with E-state index in [0.717, 1.165) is 15.5 Å². The second-order valence-electron chi connectivity index (χ2n) is 3.27. The van der Waals surface area contributed by atoms with Gasteiger partial charge in [0.25, 0.3) is 0 Å². The van der Waals surface area contributed by atoms with Gasteiger partial charge in [0, 0.05) is 10.5 Å². The Labute approximate surface area is 118 Å². The molecule has 1 heterocycles. The van der Waals surface area contributed by atoms with Crippen LogP contribution in [0.25, 0.3) is 0 Å². The van der Waals surface area contributed by atoms with Gasteiger partial charge in [0.15, 0.2) is 0 Å². The van der Waals surface area contributed by atoms with E-state index in [9.17, 15) is 0 Å². The van der Waals surface area contributed by atoms with E-state index in [1.54, 1.807) is 12.1 Å². The Morgan fingerprint density at radius 2 is 1.82 bits per heavy atom. The largest absolute Gasteiger partial charge is 0.229 e. The number of halogens is 3. The normalized spacial score (nSPS) is 10.6. The van der Waals surface area contributed by atoms with Gasteiger partial charge in [-0.05, 0) is 25.1 Å². The first-order valence-electron chi connectivity index (χ1n) is 4.68. The van der Waals surface area contributed by atoms with Crippen molar-refractivity contribution in [2.24, 2.45) is 0 Å². The third-order valence-corrected chi connectivity index (χ3v) is 4.30. The second kappa shape index (κ2) is 5.44. The van der Waals surface area contributed by atoms with Gasteiger partial charge in [-0.3, -0.25) is 0 Å². The molecule has 0 aliphatic carbocycles. The molecule has 0 amide bonds. The average Bonchev–Trinajstić information content (AvgIpc) is 2.30. The predicted octanol–water partition coefficient (Wildman–Crippen LogP) is 4.90. The number of rotatable bonds is 2. The highest BCUT2D eigenvalue weighted by Crippen LogP contribution is 2.33. The van der Waals surface area contributed by atoms with E-state index in [0.29, 0.717) is 15.2 Å². The Kier molecular flexibility index (Phi) is 4.15. The minimum atomic E-state index is 0.461. The first-order chi connectivity index (χ1) is 8.08. The van der Waals surface area contributed by atoms with Gasteiger partial charge in [-0.15, -0.1) is 0 Å². The molecule has 0 spiro atoms. The van der Waals surface area contributed by atoms with Gasteiger partial charge in [0.2, 0.25) is 0 Å². The summed E-state index contributed by atoms with van der Waals surface area (Å²) in [5.74, 6) is 0. The fraction of sp³-hybridized carbons (Fsp3) is 0.0909. The quantitative estimate of drug-likeness (QED) is 0.738. The zero-order valence-electron chi connectivity index (χ0n) is 8.75. The van der Waals surface area contributed by atoms with Crippen molar-refractivity contribution in [1.29, 1.82) is 0 Å². The van der Waals surface area contributed by atoms with Crippen molar-refractivity contribution in [1.82, 2.24) is 9.97 Å². The Balaban J connectivity index is 2.31. The second-order valence-corrected chi connectivity index (χ2v) is 5.51. The highest BCUT2D eigenvalue weighted by atomic mass is 35.5. The molecule has 6 heteroatoms. The standard InChI is InChI=1S/C11H7Cl3N2S/c1-6-10(14)15-5-16-11(6)17-7-2-3-8(12)9(13)4-7/h2-5H,1H3. The first-order valence-corrected chi connectivity index (χ1v) is 6.63. The lowest BCUT2D eigenvalue weighted by atomic mass is 10.4. The van der Waals surface area contributed by atoms with E-state index < -0.39 is 0 Å². The van der Waals surface area contributed by atoms with Gasteiger partial charge in [0.1, 0.15) is 16.5 Å². The third-order valence-electron chi connectivity index (χ3n) is 2.08. The van der Waals surface area contributed by atoms with Crippen molar-refractivity contribution >= 4 is 46.6 Å². The summed E-state index contributed by atoms with van der Waals surface area (Å²) in [5.41, 5.74) is 0.852. The van der Waals surface area contributed by atoms with Crippen molar-refractivity contribution in [3.63, 3.8) is 0 Å². The molecular weight excluding hydrogens is 299 g/mol. The van der Waals surface area contributed by atoms with Gasteiger partial charge >= 0.3 is 0 Å². The third kappa shape index (κ3) is 3.05. The molecule has 1 aromatic heterocycles. The SMILES string of the molecule is Cc1c(Cl)ncnc1Sc1ccc(Cl)c(Cl)c1. The molecule has 0 radical (unpaired) electrons. The van der Waals surface area contributed by atoms with Crippen LogP contribution in [0.3, 0.4) is 0 Å². The van der Waals surface area contributed by atoms with E-state index in [4.69, 9.17) is 34.8 Å². The molecule has 0 saturated heterocycles. The molecule has 0 bridgehead atoms. The van der Waals surface area contributed by atoms with E-state index in [1.807, 2.05) is 13.0 Å². The summed E-state index contributed by atoms with van der Waals surface area (Å²) in [6, 6.07) is 5.43. The zero-order chi connectivity index (χ0) is 12.4. The summed E-state index contributed by atoms with van der Waals surface area (Å²) in [6.07, 6.45) is 1.44. The first kappa shape index (κ1) is 13.0. The number of benzene rings is 1. The number of hydrogen-bond donors (Lipinski definition) is 0. The van der Waals surface area contributed by atoms with Crippen molar-refractivity contribution < 1.29 is 0 Å². The van der Waals surface area contributed by atoms with Crippen LogP contribution >= 0.6 is 46.6 Å². The Morgan fingerprint density at radius 3 is 2.53 bits per heavy atom. The van der Waals surface area contributed by atoms with Crippen LogP contribution in [0.4, 0.5) is 0 Å². The lowest BCUT2D eigenvalue weighted by Gasteiger charge is -2.05. The van der Waals surface area contributed by atoms with E-state index in [-0.39, 0.29) is 0 Å². The van der Waals surface area contributed by atoms with Gasteiger partial charge in [-0.1, -0.05) is 46.6 Å². The smallest absolute Gasteiger partial charge is 0.136 e. The summed E-state index contributed by atoms with van der Waals surface area (Å²) in [6.45, 7) is 1.88. The molecule has 0 aliphatic heterocycles. The Morgan fingerprint density at radius 1 is 1.06 bits per heavy atom. The highest BCUT2D eigenvalue weighted by Gasteiger charge is 2.08. The minimum absolute atomic E-state index is 0.461. The fourth-order valence-electron chi connectivity index (χ4n) is 1.17. The molecule has 88 valence electrons. The molecule has 0 fully saturated rings. The van der Waals surface area contributed by atoms with Gasteiger partial charge in [-0.25, -0.2) is 9.97 Å². The van der Waals surface area contributed by atoms with E-state index in [1.165, 1.54) is 18.1 Å². The van der Waals surface area contributed by atoms with Crippen molar-refractivity contribution in [2.75, 3.05) is 0 Å². The average molecular weight is 306 g/mol.